The molecule has 0 aromatic carbocycles. The molecule has 1 aromatic heterocycles. The second-order valence-corrected chi connectivity index (χ2v) is 2.87. The van der Waals surface area contributed by atoms with Crippen molar-refractivity contribution in [2.24, 2.45) is 4.99 Å². The Balaban J connectivity index is 0.00000196. The monoisotopic (exact) mass is 297 g/mol. The predicted molar refractivity (Wildman–Crippen MR) is 56.3 cm³/mol. The van der Waals surface area contributed by atoms with Gasteiger partial charge in [-0.15, -0.1) is 0 Å². The Hall–Kier alpha value is -0.316. The van der Waals surface area contributed by atoms with E-state index < -0.39 is 0 Å². The molecule has 0 unspecified atom stereocenters. The Kier molecular flexibility index (Phi) is 6.89. The summed E-state index contributed by atoms with van der Waals surface area (Å²) in [5, 5.41) is 3.03. The number of hydrogen-bond donors (Lipinski definition) is 1. The molecule has 0 aliphatic heterocycles. The first-order chi connectivity index (χ1) is 6.65. The third-order valence-electron chi connectivity index (χ3n) is 1.45. The number of nitrogens with zero attached hydrogens (tertiary/aromatic N) is 3. The van der Waals surface area contributed by atoms with E-state index in [1.54, 1.807) is 6.07 Å². The van der Waals surface area contributed by atoms with Crippen LogP contribution in [0.5, 0.6) is 0 Å². The van der Waals surface area contributed by atoms with Crippen LogP contribution in [0.4, 0.5) is 5.82 Å². The maximum atomic E-state index is 5.75. The molecule has 15 heavy (non-hydrogen) atoms. The van der Waals surface area contributed by atoms with E-state index in [4.69, 9.17) is 24.9 Å². The molecule has 1 radical (unpaired) electrons. The largest absolute Gasteiger partial charge is 0.577 e. The molecule has 0 aliphatic rings. The number of anilines is 1. The number of aryl methyl sites for hydroxylation is 1. The van der Waals surface area contributed by atoms with Crippen LogP contribution in [0, 0.1) is 6.58 Å². The summed E-state index contributed by atoms with van der Waals surface area (Å²) in [6, 6.07) is 1.54. The van der Waals surface area contributed by atoms with Gasteiger partial charge in [-0.2, -0.15) is 6.72 Å². The molecule has 6 heteroatoms. The Morgan fingerprint density at radius 2 is 2.27 bits per heavy atom. The molecular weight excluding hydrogens is 288 g/mol. The van der Waals surface area contributed by atoms with E-state index in [-0.39, 0.29) is 38.5 Å². The molecule has 0 aliphatic carbocycles. The second-order valence-electron chi connectivity index (χ2n) is 2.49. The zero-order valence-electron chi connectivity index (χ0n) is 8.24. The zero-order chi connectivity index (χ0) is 10.6. The molecule has 0 fully saturated rings. The number of hydrogen-bond acceptors (Lipinski definition) is 4. The van der Waals surface area contributed by atoms with Gasteiger partial charge in [-0.3, -0.25) is 0 Å². The smallest absolute Gasteiger partial charge is 0.134 e. The second kappa shape index (κ2) is 7.04. The summed E-state index contributed by atoms with van der Waals surface area (Å²) in [7, 11) is 0. The molecule has 77 valence electrons. The van der Waals surface area contributed by atoms with Crippen molar-refractivity contribution in [3.05, 3.63) is 29.4 Å². The van der Waals surface area contributed by atoms with Crippen LogP contribution in [0.15, 0.2) is 16.9 Å². The summed E-state index contributed by atoms with van der Waals surface area (Å²) in [6.45, 7) is 12.2. The fourth-order valence-electron chi connectivity index (χ4n) is 0.850. The normalized spacial score (nSPS) is 8.93. The molecule has 1 aromatic rings. The van der Waals surface area contributed by atoms with Gasteiger partial charge in [0.2, 0.25) is 0 Å². The molecule has 0 spiro atoms. The van der Waals surface area contributed by atoms with Crippen molar-refractivity contribution in [3.63, 3.8) is 0 Å². The molecule has 0 amide bonds. The molecule has 1 heterocycles. The first-order valence-corrected chi connectivity index (χ1v) is 4.37. The standard InChI is InChI=1S/C9H9ClN4.Y/c1-4-8-13-7(10)5-9(14-8)12-6(2)11-3;/h2-3,5H,4H2,1H3,(H,12,13,14);/q-2;. The van der Waals surface area contributed by atoms with Crippen molar-refractivity contribution in [3.8, 4) is 0 Å². The minimum Gasteiger partial charge on any atom is -0.577 e. The van der Waals surface area contributed by atoms with Crippen molar-refractivity contribution in [2.75, 3.05) is 5.32 Å². The Morgan fingerprint density at radius 3 is 2.80 bits per heavy atom. The maximum absolute atomic E-state index is 5.75. The van der Waals surface area contributed by atoms with Crippen molar-refractivity contribution < 1.29 is 32.7 Å². The first-order valence-electron chi connectivity index (χ1n) is 3.99. The average Bonchev–Trinajstić information content (AvgIpc) is 2.16. The Morgan fingerprint density at radius 1 is 1.60 bits per heavy atom. The maximum Gasteiger partial charge on any atom is 0.134 e. The van der Waals surface area contributed by atoms with E-state index in [1.165, 1.54) is 0 Å². The summed E-state index contributed by atoms with van der Waals surface area (Å²) in [4.78, 5) is 11.4. The van der Waals surface area contributed by atoms with Gasteiger partial charge in [0.1, 0.15) is 16.8 Å². The molecule has 1 N–H and O–H groups in total. The summed E-state index contributed by atoms with van der Waals surface area (Å²) in [6.07, 6.45) is 0.689. The Labute approximate surface area is 119 Å². The van der Waals surface area contributed by atoms with Crippen LogP contribution >= 0.6 is 11.6 Å². The van der Waals surface area contributed by atoms with Crippen molar-refractivity contribution in [2.45, 2.75) is 13.3 Å². The van der Waals surface area contributed by atoms with Gasteiger partial charge in [0, 0.05) is 45.2 Å². The van der Waals surface area contributed by atoms with Crippen LogP contribution in [-0.2, 0) is 39.1 Å². The van der Waals surface area contributed by atoms with Gasteiger partial charge in [0.15, 0.2) is 0 Å². The number of nitrogens with one attached hydrogen (secondary N) is 1. The van der Waals surface area contributed by atoms with Crippen molar-refractivity contribution >= 4 is 24.1 Å². The minimum atomic E-state index is 0. The van der Waals surface area contributed by atoms with E-state index in [9.17, 15) is 0 Å². The van der Waals surface area contributed by atoms with E-state index in [1.807, 2.05) is 6.92 Å². The molecular formula is C9H9ClN4Y-2. The van der Waals surface area contributed by atoms with Crippen LogP contribution in [0.1, 0.15) is 12.7 Å². The topological polar surface area (TPSA) is 50.2 Å². The van der Waals surface area contributed by atoms with E-state index in [0.717, 1.165) is 0 Å². The van der Waals surface area contributed by atoms with E-state index >= 15 is 0 Å². The van der Waals surface area contributed by atoms with Crippen LogP contribution < -0.4 is 5.32 Å². The van der Waals surface area contributed by atoms with Gasteiger partial charge in [-0.05, 0) is 0 Å². The van der Waals surface area contributed by atoms with Gasteiger partial charge in [0.25, 0.3) is 0 Å². The van der Waals surface area contributed by atoms with E-state index in [0.29, 0.717) is 23.2 Å². The fourth-order valence-corrected chi connectivity index (χ4v) is 1.05. The zero-order valence-corrected chi connectivity index (χ0v) is 11.8. The molecule has 0 saturated carbocycles. The molecule has 4 nitrogen and oxygen atoms in total. The van der Waals surface area contributed by atoms with Gasteiger partial charge in [-0.25, -0.2) is 15.8 Å². The third-order valence-corrected chi connectivity index (χ3v) is 1.65. The van der Waals surface area contributed by atoms with Gasteiger partial charge in [-0.1, -0.05) is 18.5 Å². The van der Waals surface area contributed by atoms with Gasteiger partial charge >= 0.3 is 0 Å². The van der Waals surface area contributed by atoms with Crippen LogP contribution in [0.25, 0.3) is 0 Å². The van der Waals surface area contributed by atoms with Gasteiger partial charge < -0.3 is 16.9 Å². The summed E-state index contributed by atoms with van der Waals surface area (Å²) in [5.41, 5.74) is 0. The van der Waals surface area contributed by atoms with Crippen LogP contribution in [0.2, 0.25) is 5.15 Å². The summed E-state index contributed by atoms with van der Waals surface area (Å²) in [5.74, 6) is 1.18. The Bertz CT molecular complexity index is 367. The predicted octanol–water partition coefficient (Wildman–Crippen LogP) is 1.95. The fraction of sp³-hybridized carbons (Fsp3) is 0.222. The van der Waals surface area contributed by atoms with Crippen LogP contribution in [-0.4, -0.2) is 16.7 Å². The number of aromatic nitrogens is 2. The van der Waals surface area contributed by atoms with Crippen LogP contribution in [0.3, 0.4) is 0 Å². The minimum absolute atomic E-state index is 0. The average molecular weight is 298 g/mol. The van der Waals surface area contributed by atoms with Gasteiger partial charge in [0.05, 0.1) is 0 Å². The molecule has 1 rings (SSSR count). The SMILES string of the molecule is [CH-]=NC(=[CH-])Nc1cc(Cl)nc(CC)n1.[Y]. The molecule has 0 bridgehead atoms. The quantitative estimate of drug-likeness (QED) is 0.525. The van der Waals surface area contributed by atoms with Crippen molar-refractivity contribution in [1.29, 1.82) is 0 Å². The number of halogens is 1. The van der Waals surface area contributed by atoms with Crippen molar-refractivity contribution in [1.82, 2.24) is 9.97 Å². The summed E-state index contributed by atoms with van der Waals surface area (Å²) >= 11 is 5.75. The third kappa shape index (κ3) is 4.82. The number of aliphatic imine (C=N–C) groups is 1. The van der Waals surface area contributed by atoms with E-state index in [2.05, 4.69) is 20.3 Å². The summed E-state index contributed by atoms with van der Waals surface area (Å²) < 4.78 is 0. The molecule has 0 atom stereocenters. The number of rotatable bonds is 4. The molecule has 0 saturated heterocycles. The first kappa shape index (κ1) is 14.7.